The smallest absolute Gasteiger partial charge is 0.245 e. The monoisotopic (exact) mass is 430 g/mol. The minimum absolute atomic E-state index is 0.0397. The fourth-order valence-electron chi connectivity index (χ4n) is 2.28. The van der Waals surface area contributed by atoms with Crippen molar-refractivity contribution in [2.45, 2.75) is 20.0 Å². The second kappa shape index (κ2) is 8.82. The molecule has 0 saturated heterocycles. The van der Waals surface area contributed by atoms with Crippen molar-refractivity contribution in [2.75, 3.05) is 22.4 Å². The molecule has 9 heteroatoms. The first kappa shape index (κ1) is 21.3. The summed E-state index contributed by atoms with van der Waals surface area (Å²) in [6.45, 7) is 3.40. The van der Waals surface area contributed by atoms with Crippen molar-refractivity contribution < 1.29 is 17.9 Å². The highest BCUT2D eigenvalue weighted by atomic mass is 35.5. The molecule has 0 atom stereocenters. The molecule has 0 fully saturated rings. The molecule has 2 aromatic rings. The Morgan fingerprint density at radius 1 is 1.15 bits per heavy atom. The molecule has 0 aliphatic heterocycles. The van der Waals surface area contributed by atoms with Crippen LogP contribution in [0.2, 0.25) is 10.0 Å². The molecular weight excluding hydrogens is 411 g/mol. The van der Waals surface area contributed by atoms with E-state index >= 15 is 0 Å². The molecule has 27 heavy (non-hydrogen) atoms. The number of benzene rings is 2. The van der Waals surface area contributed by atoms with Gasteiger partial charge in [0.15, 0.2) is 0 Å². The molecule has 2 aromatic carbocycles. The molecule has 0 saturated carbocycles. The van der Waals surface area contributed by atoms with E-state index < -0.39 is 22.5 Å². The van der Waals surface area contributed by atoms with E-state index in [4.69, 9.17) is 27.9 Å². The molecule has 0 aromatic heterocycles. The van der Waals surface area contributed by atoms with Crippen molar-refractivity contribution in [1.29, 1.82) is 0 Å². The largest absolute Gasteiger partial charge is 0.491 e. The molecule has 0 unspecified atom stereocenters. The molecule has 146 valence electrons. The molecule has 1 amide bonds. The summed E-state index contributed by atoms with van der Waals surface area (Å²) in [6.07, 6.45) is 1.04. The number of anilines is 2. The van der Waals surface area contributed by atoms with Gasteiger partial charge in [-0.15, -0.1) is 0 Å². The number of carbonyl (C=O) groups excluding carboxylic acids is 1. The summed E-state index contributed by atoms with van der Waals surface area (Å²) in [7, 11) is -3.74. The lowest BCUT2D eigenvalue weighted by Gasteiger charge is -2.23. The topological polar surface area (TPSA) is 75.7 Å². The van der Waals surface area contributed by atoms with Gasteiger partial charge >= 0.3 is 0 Å². The van der Waals surface area contributed by atoms with Crippen LogP contribution in [0.15, 0.2) is 42.5 Å². The number of sulfonamides is 1. The predicted octanol–water partition coefficient (Wildman–Crippen LogP) is 4.19. The Hall–Kier alpha value is -1.96. The number of carbonyl (C=O) groups is 1. The van der Waals surface area contributed by atoms with Crippen LogP contribution >= 0.6 is 23.2 Å². The SMILES string of the molecule is CC(C)Oc1ccc(NC(=O)CN(c2ccc(Cl)cc2Cl)S(C)(=O)=O)cc1. The van der Waals surface area contributed by atoms with Crippen LogP contribution in [-0.4, -0.2) is 33.2 Å². The molecule has 0 radical (unpaired) electrons. The quantitative estimate of drug-likeness (QED) is 0.714. The Labute approximate surface area is 169 Å². The summed E-state index contributed by atoms with van der Waals surface area (Å²) < 4.78 is 30.8. The maximum Gasteiger partial charge on any atom is 0.245 e. The van der Waals surface area contributed by atoms with E-state index in [1.807, 2.05) is 13.8 Å². The van der Waals surface area contributed by atoms with Gasteiger partial charge in [0.05, 0.1) is 23.1 Å². The minimum Gasteiger partial charge on any atom is -0.491 e. The van der Waals surface area contributed by atoms with E-state index in [-0.39, 0.29) is 16.8 Å². The fourth-order valence-corrected chi connectivity index (χ4v) is 3.71. The predicted molar refractivity (Wildman–Crippen MR) is 109 cm³/mol. The van der Waals surface area contributed by atoms with Gasteiger partial charge in [-0.1, -0.05) is 23.2 Å². The van der Waals surface area contributed by atoms with Crippen LogP contribution in [0.1, 0.15) is 13.8 Å². The zero-order valence-electron chi connectivity index (χ0n) is 15.1. The lowest BCUT2D eigenvalue weighted by Crippen LogP contribution is -2.37. The number of nitrogens with zero attached hydrogens (tertiary/aromatic N) is 1. The number of nitrogens with one attached hydrogen (secondary N) is 1. The van der Waals surface area contributed by atoms with Gasteiger partial charge in [0.25, 0.3) is 0 Å². The van der Waals surface area contributed by atoms with Gasteiger partial charge in [0, 0.05) is 10.7 Å². The summed E-state index contributed by atoms with van der Waals surface area (Å²) in [4.78, 5) is 12.4. The Kier molecular flexibility index (Phi) is 6.97. The number of rotatable bonds is 7. The molecule has 2 rings (SSSR count). The summed E-state index contributed by atoms with van der Waals surface area (Å²) in [5.41, 5.74) is 0.700. The Balaban J connectivity index is 2.15. The third-order valence-electron chi connectivity index (χ3n) is 3.38. The third-order valence-corrected chi connectivity index (χ3v) is 5.04. The van der Waals surface area contributed by atoms with Crippen LogP contribution in [-0.2, 0) is 14.8 Å². The normalized spacial score (nSPS) is 11.3. The summed E-state index contributed by atoms with van der Waals surface area (Å²) in [5, 5.41) is 3.16. The second-order valence-corrected chi connectivity index (χ2v) is 8.85. The molecule has 0 spiro atoms. The highest BCUT2D eigenvalue weighted by molar-refractivity contribution is 7.92. The van der Waals surface area contributed by atoms with Gasteiger partial charge < -0.3 is 10.1 Å². The molecule has 0 aliphatic carbocycles. The van der Waals surface area contributed by atoms with Crippen molar-refractivity contribution in [3.63, 3.8) is 0 Å². The minimum atomic E-state index is -3.74. The zero-order chi connectivity index (χ0) is 20.2. The second-order valence-electron chi connectivity index (χ2n) is 6.10. The molecule has 0 aliphatic rings. The Morgan fingerprint density at radius 3 is 2.30 bits per heavy atom. The van der Waals surface area contributed by atoms with Gasteiger partial charge in [0.2, 0.25) is 15.9 Å². The number of hydrogen-bond acceptors (Lipinski definition) is 4. The van der Waals surface area contributed by atoms with E-state index in [0.29, 0.717) is 16.5 Å². The van der Waals surface area contributed by atoms with Crippen LogP contribution in [0.25, 0.3) is 0 Å². The maximum atomic E-state index is 12.4. The first-order valence-electron chi connectivity index (χ1n) is 8.05. The van der Waals surface area contributed by atoms with Crippen LogP contribution in [0.4, 0.5) is 11.4 Å². The maximum absolute atomic E-state index is 12.4. The van der Waals surface area contributed by atoms with Crippen LogP contribution in [0.5, 0.6) is 5.75 Å². The fraction of sp³-hybridized carbons (Fsp3) is 0.278. The van der Waals surface area contributed by atoms with Crippen LogP contribution in [0, 0.1) is 0 Å². The van der Waals surface area contributed by atoms with E-state index in [1.165, 1.54) is 18.2 Å². The molecule has 0 heterocycles. The lowest BCUT2D eigenvalue weighted by molar-refractivity contribution is -0.114. The lowest BCUT2D eigenvalue weighted by atomic mass is 10.3. The number of hydrogen-bond donors (Lipinski definition) is 1. The molecule has 6 nitrogen and oxygen atoms in total. The first-order valence-corrected chi connectivity index (χ1v) is 10.7. The van der Waals surface area contributed by atoms with Gasteiger partial charge in [-0.3, -0.25) is 9.10 Å². The van der Waals surface area contributed by atoms with Gasteiger partial charge in [0.1, 0.15) is 12.3 Å². The highest BCUT2D eigenvalue weighted by Crippen LogP contribution is 2.30. The number of amides is 1. The average molecular weight is 431 g/mol. The Morgan fingerprint density at radius 2 is 1.78 bits per heavy atom. The van der Waals surface area contributed by atoms with Crippen molar-refractivity contribution in [3.8, 4) is 5.75 Å². The van der Waals surface area contributed by atoms with Crippen molar-refractivity contribution >= 4 is 50.5 Å². The van der Waals surface area contributed by atoms with Gasteiger partial charge in [-0.2, -0.15) is 0 Å². The van der Waals surface area contributed by atoms with E-state index in [2.05, 4.69) is 5.32 Å². The zero-order valence-corrected chi connectivity index (χ0v) is 17.4. The Bertz CT molecular complexity index is 915. The van der Waals surface area contributed by atoms with E-state index in [0.717, 1.165) is 10.6 Å². The van der Waals surface area contributed by atoms with Gasteiger partial charge in [-0.25, -0.2) is 8.42 Å². The molecular formula is C18H20Cl2N2O4S. The number of ether oxygens (including phenoxy) is 1. The average Bonchev–Trinajstić information content (AvgIpc) is 2.54. The summed E-state index contributed by atoms with van der Waals surface area (Å²) >= 11 is 11.9. The van der Waals surface area contributed by atoms with Crippen molar-refractivity contribution in [1.82, 2.24) is 0 Å². The molecule has 0 bridgehead atoms. The number of halogens is 2. The van der Waals surface area contributed by atoms with Gasteiger partial charge in [-0.05, 0) is 56.3 Å². The van der Waals surface area contributed by atoms with Crippen molar-refractivity contribution in [2.24, 2.45) is 0 Å². The summed E-state index contributed by atoms with van der Waals surface area (Å²) in [5.74, 6) is 0.165. The van der Waals surface area contributed by atoms with Crippen LogP contribution < -0.4 is 14.4 Å². The summed E-state index contributed by atoms with van der Waals surface area (Å²) in [6, 6.07) is 11.2. The van der Waals surface area contributed by atoms with E-state index in [9.17, 15) is 13.2 Å². The standard InChI is InChI=1S/C18H20Cl2N2O4S/c1-12(2)26-15-7-5-14(6-8-15)21-18(23)11-22(27(3,24)25)17-9-4-13(19)10-16(17)20/h4-10,12H,11H2,1-3H3,(H,21,23). The van der Waals surface area contributed by atoms with E-state index in [1.54, 1.807) is 24.3 Å². The highest BCUT2D eigenvalue weighted by Gasteiger charge is 2.23. The first-order chi connectivity index (χ1) is 12.6. The molecule has 1 N–H and O–H groups in total. The van der Waals surface area contributed by atoms with Crippen molar-refractivity contribution in [3.05, 3.63) is 52.5 Å². The third kappa shape index (κ3) is 6.30. The van der Waals surface area contributed by atoms with Crippen LogP contribution in [0.3, 0.4) is 0 Å².